The first-order chi connectivity index (χ1) is 16.4. The number of hydrogen-bond donors (Lipinski definition) is 4. The number of nitrogens with two attached hydrogens (primary N) is 1. The molecular weight excluding hydrogens is 477 g/mol. The van der Waals surface area contributed by atoms with Gasteiger partial charge < -0.3 is 21.5 Å². The molecule has 0 spiro atoms. The molecule has 1 aromatic carbocycles. The molecule has 3 aromatic rings. The van der Waals surface area contributed by atoms with E-state index < -0.39 is 6.10 Å². The van der Waals surface area contributed by atoms with Gasteiger partial charge in [0.2, 0.25) is 17.8 Å². The molecule has 2 aliphatic carbocycles. The van der Waals surface area contributed by atoms with E-state index in [9.17, 15) is 9.90 Å². The number of aliphatic hydroxyl groups excluding tert-OH is 1. The summed E-state index contributed by atoms with van der Waals surface area (Å²) in [6.07, 6.45) is 6.81. The zero-order valence-corrected chi connectivity index (χ0v) is 20.1. The Hall–Kier alpha value is -2.62. The highest BCUT2D eigenvalue weighted by Gasteiger charge is 2.30. The molecule has 0 radical (unpaired) electrons. The molecule has 5 rings (SSSR count). The van der Waals surface area contributed by atoms with Crippen molar-refractivity contribution < 1.29 is 9.90 Å². The number of carbonyl (C=O) groups excluding carboxylic acids is 1. The largest absolute Gasteiger partial charge is 0.391 e. The van der Waals surface area contributed by atoms with Crippen LogP contribution >= 0.6 is 23.2 Å². The summed E-state index contributed by atoms with van der Waals surface area (Å²) in [5.74, 6) is 0.642. The third-order valence-corrected chi connectivity index (χ3v) is 7.52. The molecule has 11 heteroatoms. The van der Waals surface area contributed by atoms with Gasteiger partial charge in [-0.25, -0.2) is 9.97 Å². The Labute approximate surface area is 207 Å². The Morgan fingerprint density at radius 3 is 2.47 bits per heavy atom. The van der Waals surface area contributed by atoms with Gasteiger partial charge >= 0.3 is 0 Å². The maximum absolute atomic E-state index is 11.7. The molecule has 34 heavy (non-hydrogen) atoms. The van der Waals surface area contributed by atoms with Gasteiger partial charge in [-0.15, -0.1) is 0 Å². The number of primary amides is 1. The predicted octanol–water partition coefficient (Wildman–Crippen LogP) is 4.42. The molecule has 1 amide bonds. The van der Waals surface area contributed by atoms with Crippen LogP contribution in [0.15, 0.2) is 24.4 Å². The van der Waals surface area contributed by atoms with Gasteiger partial charge in [0.1, 0.15) is 5.52 Å². The van der Waals surface area contributed by atoms with Gasteiger partial charge in [-0.05, 0) is 57.1 Å². The lowest BCUT2D eigenvalue weighted by Crippen LogP contribution is -2.29. The third-order valence-electron chi connectivity index (χ3n) is 6.89. The van der Waals surface area contributed by atoms with E-state index in [1.54, 1.807) is 24.4 Å². The summed E-state index contributed by atoms with van der Waals surface area (Å²) < 4.78 is 2.05. The van der Waals surface area contributed by atoms with Crippen LogP contribution in [0.1, 0.15) is 51.0 Å². The zero-order valence-electron chi connectivity index (χ0n) is 18.5. The normalized spacial score (nSPS) is 24.9. The molecule has 2 atom stereocenters. The van der Waals surface area contributed by atoms with Crippen LogP contribution in [0.5, 0.6) is 0 Å². The Balaban J connectivity index is 1.53. The smallest absolute Gasteiger partial charge is 0.225 e. The highest BCUT2D eigenvalue weighted by Crippen LogP contribution is 2.39. The molecule has 0 unspecified atom stereocenters. The number of nitrogens with zero attached hydrogens (tertiary/aromatic N) is 4. The van der Waals surface area contributed by atoms with Crippen molar-refractivity contribution in [1.29, 1.82) is 0 Å². The van der Waals surface area contributed by atoms with Crippen molar-refractivity contribution in [2.75, 3.05) is 10.6 Å². The van der Waals surface area contributed by atoms with Crippen molar-refractivity contribution in [3.8, 4) is 0 Å². The van der Waals surface area contributed by atoms with E-state index in [4.69, 9.17) is 38.9 Å². The van der Waals surface area contributed by atoms with E-state index in [2.05, 4.69) is 15.6 Å². The molecule has 2 fully saturated rings. The van der Waals surface area contributed by atoms with Crippen LogP contribution in [0, 0.1) is 5.92 Å². The number of nitrogens with one attached hydrogen (secondary N) is 2. The average Bonchev–Trinajstić information content (AvgIpc) is 3.39. The summed E-state index contributed by atoms with van der Waals surface area (Å²) in [4.78, 5) is 25.6. The minimum absolute atomic E-state index is 0.0594. The number of carbonyl (C=O) groups is 1. The number of hydrogen-bond acceptors (Lipinski definition) is 7. The lowest BCUT2D eigenvalue weighted by atomic mass is 9.85. The third kappa shape index (κ3) is 4.52. The van der Waals surface area contributed by atoms with Crippen LogP contribution in [-0.4, -0.2) is 42.7 Å². The second-order valence-corrected chi connectivity index (χ2v) is 9.90. The van der Waals surface area contributed by atoms with Crippen LogP contribution in [0.25, 0.3) is 11.2 Å². The van der Waals surface area contributed by atoms with Crippen molar-refractivity contribution in [1.82, 2.24) is 19.5 Å². The molecule has 0 saturated heterocycles. The first-order valence-corrected chi connectivity index (χ1v) is 12.4. The number of anilines is 3. The van der Waals surface area contributed by atoms with E-state index in [0.717, 1.165) is 32.1 Å². The van der Waals surface area contributed by atoms with E-state index in [-0.39, 0.29) is 23.9 Å². The van der Waals surface area contributed by atoms with Gasteiger partial charge in [0.25, 0.3) is 0 Å². The second-order valence-electron chi connectivity index (χ2n) is 9.09. The van der Waals surface area contributed by atoms with Gasteiger partial charge in [0.05, 0.1) is 34.1 Å². The van der Waals surface area contributed by atoms with Gasteiger partial charge in [-0.1, -0.05) is 29.3 Å². The molecule has 2 aromatic heterocycles. The summed E-state index contributed by atoms with van der Waals surface area (Å²) in [5, 5.41) is 17.7. The number of para-hydroxylation sites is 1. The highest BCUT2D eigenvalue weighted by atomic mass is 35.5. The molecule has 9 nitrogen and oxygen atoms in total. The number of amides is 1. The van der Waals surface area contributed by atoms with Gasteiger partial charge in [-0.3, -0.25) is 9.36 Å². The molecular formula is C23H27Cl2N7O2. The lowest BCUT2D eigenvalue weighted by molar-refractivity contribution is -0.122. The monoisotopic (exact) mass is 503 g/mol. The minimum atomic E-state index is -0.409. The fraction of sp³-hybridized carbons (Fsp3) is 0.478. The summed E-state index contributed by atoms with van der Waals surface area (Å²) in [7, 11) is 0. The summed E-state index contributed by atoms with van der Waals surface area (Å²) >= 11 is 12.8. The van der Waals surface area contributed by atoms with Crippen molar-refractivity contribution in [2.45, 2.75) is 63.1 Å². The number of halogens is 2. The van der Waals surface area contributed by atoms with Crippen LogP contribution in [0.3, 0.4) is 0 Å². The minimum Gasteiger partial charge on any atom is -0.391 e. The number of rotatable bonds is 6. The Bertz CT molecular complexity index is 1190. The predicted molar refractivity (Wildman–Crippen MR) is 133 cm³/mol. The average molecular weight is 504 g/mol. The van der Waals surface area contributed by atoms with Gasteiger partial charge in [-0.2, -0.15) is 4.98 Å². The summed E-state index contributed by atoms with van der Waals surface area (Å²) in [6, 6.07) is 5.29. The maximum Gasteiger partial charge on any atom is 0.225 e. The zero-order chi connectivity index (χ0) is 23.8. The summed E-state index contributed by atoms with van der Waals surface area (Å²) in [6.45, 7) is 0. The fourth-order valence-electron chi connectivity index (χ4n) is 5.02. The van der Waals surface area contributed by atoms with E-state index in [1.807, 2.05) is 4.57 Å². The van der Waals surface area contributed by atoms with E-state index in [0.29, 0.717) is 51.6 Å². The number of imidazole rings is 1. The summed E-state index contributed by atoms with van der Waals surface area (Å²) in [5.41, 5.74) is 7.40. The lowest BCUT2D eigenvalue weighted by Gasteiger charge is -2.29. The van der Waals surface area contributed by atoms with Crippen molar-refractivity contribution >= 4 is 57.9 Å². The highest BCUT2D eigenvalue weighted by molar-refractivity contribution is 6.39. The molecule has 2 aliphatic rings. The Morgan fingerprint density at radius 2 is 1.82 bits per heavy atom. The molecule has 2 heterocycles. The van der Waals surface area contributed by atoms with Crippen LogP contribution in [0.2, 0.25) is 10.0 Å². The Morgan fingerprint density at radius 1 is 1.09 bits per heavy atom. The van der Waals surface area contributed by atoms with Crippen LogP contribution in [0.4, 0.5) is 17.6 Å². The first-order valence-electron chi connectivity index (χ1n) is 11.6. The molecule has 0 aliphatic heterocycles. The van der Waals surface area contributed by atoms with Crippen molar-refractivity contribution in [2.24, 2.45) is 11.7 Å². The van der Waals surface area contributed by atoms with Crippen LogP contribution < -0.4 is 16.4 Å². The molecule has 5 N–H and O–H groups in total. The topological polar surface area (TPSA) is 131 Å². The molecule has 2 saturated carbocycles. The number of aliphatic hydroxyl groups is 1. The Kier molecular flexibility index (Phi) is 6.50. The van der Waals surface area contributed by atoms with Gasteiger partial charge in [0.15, 0.2) is 5.65 Å². The number of benzene rings is 1. The van der Waals surface area contributed by atoms with Crippen molar-refractivity contribution in [3.63, 3.8) is 0 Å². The fourth-order valence-corrected chi connectivity index (χ4v) is 5.51. The number of aromatic nitrogens is 4. The number of fused-ring (bicyclic) bond motifs is 1. The van der Waals surface area contributed by atoms with E-state index in [1.165, 1.54) is 0 Å². The quantitative estimate of drug-likeness (QED) is 0.391. The molecule has 0 bridgehead atoms. The standard InChI is InChI=1S/C23H27Cl2N7O2/c24-14-3-1-4-15(25)19(14)30-23-29-17-11-27-22(28-16-5-2-6-18(16)33)31-21(17)32(23)13-9-7-12(8-10-13)20(26)34/h1,3-4,11-13,16,18,33H,2,5-10H2,(H2,26,34)(H,29,30)(H,27,28,31)/t12-,13-,16-,18-/m0/s1. The van der Waals surface area contributed by atoms with Gasteiger partial charge in [0, 0.05) is 12.0 Å². The molecule has 180 valence electrons. The first kappa shape index (κ1) is 23.1. The maximum atomic E-state index is 11.7. The van der Waals surface area contributed by atoms with E-state index >= 15 is 0 Å². The van der Waals surface area contributed by atoms with Crippen LogP contribution in [-0.2, 0) is 4.79 Å². The second kappa shape index (κ2) is 9.56. The SMILES string of the molecule is NC(=O)[C@H]1CC[C@H](n2c(Nc3c(Cl)cccc3Cl)nc3cnc(N[C@H]4CCC[C@@H]4O)nc32)CC1. The van der Waals surface area contributed by atoms with Crippen molar-refractivity contribution in [3.05, 3.63) is 34.4 Å².